The molecule has 5 heteroatoms. The van der Waals surface area contributed by atoms with Crippen LogP contribution in [0.15, 0.2) is 36.5 Å². The van der Waals surface area contributed by atoms with Gasteiger partial charge in [-0.1, -0.05) is 31.2 Å². The number of hydrogen-bond donors (Lipinski definition) is 0. The van der Waals surface area contributed by atoms with Gasteiger partial charge in [-0.05, 0) is 17.9 Å². The lowest BCUT2D eigenvalue weighted by atomic mass is 10.1. The summed E-state index contributed by atoms with van der Waals surface area (Å²) >= 11 is 0. The van der Waals surface area contributed by atoms with Crippen LogP contribution in [0.4, 0.5) is 0 Å². The molecule has 24 heavy (non-hydrogen) atoms. The minimum absolute atomic E-state index is 0.149. The average molecular weight is 326 g/mol. The first-order valence-electron chi connectivity index (χ1n) is 8.51. The maximum atomic E-state index is 12.5. The monoisotopic (exact) mass is 326 g/mol. The third-order valence-electron chi connectivity index (χ3n) is 4.40. The molecule has 3 rings (SSSR count). The van der Waals surface area contributed by atoms with Gasteiger partial charge in [-0.2, -0.15) is 0 Å². The molecule has 1 aliphatic heterocycles. The molecule has 2 heterocycles. The molecule has 1 fully saturated rings. The molecule has 1 amide bonds. The maximum absolute atomic E-state index is 12.5. The lowest BCUT2D eigenvalue weighted by Crippen LogP contribution is -2.41. The van der Waals surface area contributed by atoms with Crippen molar-refractivity contribution in [3.63, 3.8) is 0 Å². The van der Waals surface area contributed by atoms with Crippen LogP contribution in [0.3, 0.4) is 0 Å². The van der Waals surface area contributed by atoms with Gasteiger partial charge in [0.25, 0.3) is 0 Å². The Balaban J connectivity index is 1.63. The molecule has 5 nitrogen and oxygen atoms in total. The van der Waals surface area contributed by atoms with Crippen molar-refractivity contribution in [2.45, 2.75) is 38.7 Å². The van der Waals surface area contributed by atoms with Crippen LogP contribution in [0.2, 0.25) is 0 Å². The highest BCUT2D eigenvalue weighted by Crippen LogP contribution is 2.20. The molecule has 126 valence electrons. The number of carbonyl (C=O) groups is 2. The molecule has 0 radical (unpaired) electrons. The van der Waals surface area contributed by atoms with E-state index in [2.05, 4.69) is 4.98 Å². The van der Waals surface area contributed by atoms with Gasteiger partial charge in [-0.15, -0.1) is 0 Å². The van der Waals surface area contributed by atoms with Crippen LogP contribution in [0, 0.1) is 0 Å². The van der Waals surface area contributed by atoms with Crippen molar-refractivity contribution < 1.29 is 14.3 Å². The Morgan fingerprint density at radius 2 is 1.96 bits per heavy atom. The number of amides is 1. The molecule has 0 spiro atoms. The minimum atomic E-state index is -0.384. The van der Waals surface area contributed by atoms with Gasteiger partial charge >= 0.3 is 5.97 Å². The number of ether oxygens (including phenoxy) is 1. The van der Waals surface area contributed by atoms with E-state index in [-0.39, 0.29) is 18.0 Å². The first-order valence-corrected chi connectivity index (χ1v) is 8.51. The number of benzene rings is 1. The fraction of sp³-hybridized carbons (Fsp3) is 0.421. The van der Waals surface area contributed by atoms with Crippen molar-refractivity contribution in [1.82, 2.24) is 9.88 Å². The standard InChI is InChI=1S/C19H22N2O3/c1-2-5-17(22)21-12-9-15(10-13-21)24-19(23)18-16-7-4-3-6-14(16)8-11-20-18/h3-4,6-8,11,15H,2,5,9-10,12-13H2,1H3. The van der Waals surface area contributed by atoms with Crippen molar-refractivity contribution in [1.29, 1.82) is 0 Å². The second-order valence-electron chi connectivity index (χ2n) is 6.12. The molecule has 1 aromatic heterocycles. The molecule has 0 N–H and O–H groups in total. The fourth-order valence-electron chi connectivity index (χ4n) is 3.08. The summed E-state index contributed by atoms with van der Waals surface area (Å²) in [5.74, 6) is -0.192. The zero-order valence-corrected chi connectivity index (χ0v) is 13.9. The summed E-state index contributed by atoms with van der Waals surface area (Å²) in [6.45, 7) is 3.31. The fourth-order valence-corrected chi connectivity index (χ4v) is 3.08. The van der Waals surface area contributed by atoms with Gasteiger partial charge in [0.05, 0.1) is 0 Å². The van der Waals surface area contributed by atoms with Crippen molar-refractivity contribution >= 4 is 22.6 Å². The number of carbonyl (C=O) groups excluding carboxylic acids is 2. The second-order valence-corrected chi connectivity index (χ2v) is 6.12. The van der Waals surface area contributed by atoms with Crippen molar-refractivity contribution in [2.24, 2.45) is 0 Å². The molecule has 1 aliphatic rings. The third kappa shape index (κ3) is 3.55. The van der Waals surface area contributed by atoms with E-state index in [4.69, 9.17) is 4.74 Å². The second kappa shape index (κ2) is 7.43. The molecule has 1 saturated heterocycles. The number of esters is 1. The highest BCUT2D eigenvalue weighted by molar-refractivity contribution is 6.02. The van der Waals surface area contributed by atoms with Gasteiger partial charge in [0.15, 0.2) is 5.69 Å². The molecule has 1 aromatic carbocycles. The molecule has 0 aliphatic carbocycles. The normalized spacial score (nSPS) is 15.5. The largest absolute Gasteiger partial charge is 0.457 e. The third-order valence-corrected chi connectivity index (χ3v) is 4.40. The Bertz CT molecular complexity index is 731. The highest BCUT2D eigenvalue weighted by Gasteiger charge is 2.26. The quantitative estimate of drug-likeness (QED) is 0.810. The lowest BCUT2D eigenvalue weighted by molar-refractivity contribution is -0.133. The summed E-state index contributed by atoms with van der Waals surface area (Å²) in [4.78, 5) is 30.4. The predicted octanol–water partition coefficient (Wildman–Crippen LogP) is 3.18. The van der Waals surface area contributed by atoms with Crippen LogP contribution >= 0.6 is 0 Å². The van der Waals surface area contributed by atoms with Crippen molar-refractivity contribution in [3.8, 4) is 0 Å². The van der Waals surface area contributed by atoms with Crippen LogP contribution < -0.4 is 0 Å². The molecule has 0 bridgehead atoms. The summed E-state index contributed by atoms with van der Waals surface area (Å²) < 4.78 is 5.63. The summed E-state index contributed by atoms with van der Waals surface area (Å²) in [5.41, 5.74) is 0.359. The van der Waals surface area contributed by atoms with Gasteiger partial charge in [0.2, 0.25) is 5.91 Å². The molecular weight excluding hydrogens is 304 g/mol. The van der Waals surface area contributed by atoms with E-state index < -0.39 is 0 Å². The van der Waals surface area contributed by atoms with Gasteiger partial charge in [0.1, 0.15) is 6.10 Å². The Morgan fingerprint density at radius 1 is 1.21 bits per heavy atom. The average Bonchev–Trinajstić information content (AvgIpc) is 2.62. The predicted molar refractivity (Wildman–Crippen MR) is 91.7 cm³/mol. The van der Waals surface area contributed by atoms with Gasteiger partial charge < -0.3 is 9.64 Å². The number of hydrogen-bond acceptors (Lipinski definition) is 4. The van der Waals surface area contributed by atoms with Crippen LogP contribution in [-0.4, -0.2) is 41.0 Å². The molecule has 0 saturated carbocycles. The Labute approximate surface area is 141 Å². The van der Waals surface area contributed by atoms with Gasteiger partial charge in [-0.3, -0.25) is 4.79 Å². The van der Waals surface area contributed by atoms with E-state index in [1.807, 2.05) is 42.2 Å². The first-order chi connectivity index (χ1) is 11.7. The van der Waals surface area contributed by atoms with Crippen LogP contribution in [0.1, 0.15) is 43.1 Å². The summed E-state index contributed by atoms with van der Waals surface area (Å²) in [7, 11) is 0. The van der Waals surface area contributed by atoms with Gasteiger partial charge in [-0.25, -0.2) is 9.78 Å². The number of nitrogens with zero attached hydrogens (tertiary/aromatic N) is 2. The van der Waals surface area contributed by atoms with E-state index in [1.165, 1.54) is 0 Å². The van der Waals surface area contributed by atoms with E-state index in [1.54, 1.807) is 6.20 Å². The summed E-state index contributed by atoms with van der Waals surface area (Å²) in [6, 6.07) is 9.53. The molecule has 0 atom stereocenters. The van der Waals surface area contributed by atoms with E-state index in [0.29, 0.717) is 38.0 Å². The van der Waals surface area contributed by atoms with E-state index >= 15 is 0 Å². The van der Waals surface area contributed by atoms with E-state index in [9.17, 15) is 9.59 Å². The van der Waals surface area contributed by atoms with E-state index in [0.717, 1.165) is 17.2 Å². The molecular formula is C19H22N2O3. The number of pyridine rings is 1. The van der Waals surface area contributed by atoms with Crippen molar-refractivity contribution in [3.05, 3.63) is 42.2 Å². The summed E-state index contributed by atoms with van der Waals surface area (Å²) in [5, 5.41) is 1.78. The number of piperidine rings is 1. The molecule has 2 aromatic rings. The lowest BCUT2D eigenvalue weighted by Gasteiger charge is -2.31. The Kier molecular flexibility index (Phi) is 5.08. The zero-order chi connectivity index (χ0) is 16.9. The van der Waals surface area contributed by atoms with Crippen LogP contribution in [0.25, 0.3) is 10.8 Å². The smallest absolute Gasteiger partial charge is 0.357 e. The first kappa shape index (κ1) is 16.4. The van der Waals surface area contributed by atoms with Crippen LogP contribution in [-0.2, 0) is 9.53 Å². The topological polar surface area (TPSA) is 59.5 Å². The summed E-state index contributed by atoms with van der Waals surface area (Å²) in [6.07, 6.45) is 4.30. The number of aromatic nitrogens is 1. The maximum Gasteiger partial charge on any atom is 0.357 e. The molecule has 0 unspecified atom stereocenters. The Morgan fingerprint density at radius 3 is 2.71 bits per heavy atom. The SMILES string of the molecule is CCCC(=O)N1CCC(OC(=O)c2nccc3ccccc23)CC1. The van der Waals surface area contributed by atoms with Crippen molar-refractivity contribution in [2.75, 3.05) is 13.1 Å². The van der Waals surface area contributed by atoms with Crippen LogP contribution in [0.5, 0.6) is 0 Å². The number of likely N-dealkylation sites (tertiary alicyclic amines) is 1. The highest BCUT2D eigenvalue weighted by atomic mass is 16.5. The Hall–Kier alpha value is -2.43. The number of fused-ring (bicyclic) bond motifs is 1. The zero-order valence-electron chi connectivity index (χ0n) is 13.9. The minimum Gasteiger partial charge on any atom is -0.457 e. The number of rotatable bonds is 4. The van der Waals surface area contributed by atoms with Gasteiger partial charge in [0, 0.05) is 43.9 Å².